The minimum absolute atomic E-state index is 0.135. The van der Waals surface area contributed by atoms with Crippen molar-refractivity contribution in [2.45, 2.75) is 24.7 Å². The van der Waals surface area contributed by atoms with Gasteiger partial charge in [-0.15, -0.1) is 0 Å². The van der Waals surface area contributed by atoms with E-state index < -0.39 is 10.0 Å². The number of sulfonamides is 1. The second-order valence-electron chi connectivity index (χ2n) is 9.03. The number of hydrogen-bond donors (Lipinski definition) is 1. The summed E-state index contributed by atoms with van der Waals surface area (Å²) in [7, 11) is -1.96. The van der Waals surface area contributed by atoms with Crippen molar-refractivity contribution in [3.05, 3.63) is 70.7 Å². The van der Waals surface area contributed by atoms with Gasteiger partial charge in [-0.25, -0.2) is 13.4 Å². The van der Waals surface area contributed by atoms with Gasteiger partial charge < -0.3 is 14.5 Å². The highest BCUT2D eigenvalue weighted by Crippen LogP contribution is 2.34. The van der Waals surface area contributed by atoms with Crippen LogP contribution in [0.25, 0.3) is 22.6 Å². The maximum Gasteiger partial charge on any atom is 0.243 e. The van der Waals surface area contributed by atoms with Crippen molar-refractivity contribution in [3.8, 4) is 17.2 Å². The normalized spacial score (nSPS) is 15.1. The average molecular weight is 584 g/mol. The van der Waals surface area contributed by atoms with E-state index >= 15 is 0 Å². The minimum atomic E-state index is -3.57. The van der Waals surface area contributed by atoms with E-state index in [2.05, 4.69) is 26.2 Å². The molecule has 1 N–H and O–H groups in total. The van der Waals surface area contributed by atoms with Gasteiger partial charge in [-0.05, 0) is 78.2 Å². The van der Waals surface area contributed by atoms with Crippen molar-refractivity contribution in [2.75, 3.05) is 25.5 Å². The van der Waals surface area contributed by atoms with E-state index in [1.54, 1.807) is 49.6 Å². The van der Waals surface area contributed by atoms with Gasteiger partial charge in [0.1, 0.15) is 11.3 Å². The zero-order chi connectivity index (χ0) is 26.2. The zero-order valence-corrected chi connectivity index (χ0v) is 22.8. The third-order valence-electron chi connectivity index (χ3n) is 6.55. The molecule has 0 atom stereocenters. The lowest BCUT2D eigenvalue weighted by molar-refractivity contribution is -0.120. The van der Waals surface area contributed by atoms with E-state index in [4.69, 9.17) is 9.15 Å². The molecule has 37 heavy (non-hydrogen) atoms. The number of aromatic nitrogens is 1. The first-order chi connectivity index (χ1) is 17.7. The van der Waals surface area contributed by atoms with Crippen LogP contribution in [0.3, 0.4) is 0 Å². The van der Waals surface area contributed by atoms with Crippen LogP contribution in [-0.2, 0) is 14.8 Å². The highest BCUT2D eigenvalue weighted by Gasteiger charge is 2.32. The Balaban J connectivity index is 1.24. The summed E-state index contributed by atoms with van der Waals surface area (Å²) in [5, 5.41) is 2.95. The number of carbonyl (C=O) groups excluding carboxylic acids is 1. The van der Waals surface area contributed by atoms with Crippen molar-refractivity contribution >= 4 is 48.6 Å². The second kappa shape index (κ2) is 10.3. The minimum Gasteiger partial charge on any atom is -0.497 e. The third kappa shape index (κ3) is 5.27. The highest BCUT2D eigenvalue weighted by atomic mass is 79.9. The molecule has 1 fully saturated rings. The number of fused-ring (bicyclic) bond motifs is 1. The number of nitrogens with zero attached hydrogens (tertiary/aromatic N) is 2. The van der Waals surface area contributed by atoms with Gasteiger partial charge in [0.25, 0.3) is 0 Å². The summed E-state index contributed by atoms with van der Waals surface area (Å²) in [4.78, 5) is 17.8. The van der Waals surface area contributed by atoms with Crippen LogP contribution in [-0.4, -0.2) is 43.8 Å². The number of aryl methyl sites for hydroxylation is 1. The molecule has 3 aromatic carbocycles. The second-order valence-corrected chi connectivity index (χ2v) is 11.8. The molecule has 1 saturated heterocycles. The topological polar surface area (TPSA) is 102 Å². The smallest absolute Gasteiger partial charge is 0.243 e. The molecule has 4 aromatic rings. The van der Waals surface area contributed by atoms with E-state index in [9.17, 15) is 13.2 Å². The molecule has 0 bridgehead atoms. The Kier molecular flexibility index (Phi) is 7.06. The molecule has 1 aliphatic rings. The Hall–Kier alpha value is -3.21. The van der Waals surface area contributed by atoms with Gasteiger partial charge in [-0.3, -0.25) is 4.79 Å². The van der Waals surface area contributed by atoms with Crippen LogP contribution in [0, 0.1) is 12.8 Å². The summed E-state index contributed by atoms with van der Waals surface area (Å²) in [6, 6.07) is 17.7. The number of rotatable bonds is 6. The molecular formula is C27H26BrN3O5S. The Morgan fingerprint density at radius 3 is 2.49 bits per heavy atom. The summed E-state index contributed by atoms with van der Waals surface area (Å²) >= 11 is 3.53. The number of benzene rings is 3. The highest BCUT2D eigenvalue weighted by molar-refractivity contribution is 9.10. The van der Waals surface area contributed by atoms with Gasteiger partial charge in [0.2, 0.25) is 21.8 Å². The van der Waals surface area contributed by atoms with E-state index in [0.29, 0.717) is 48.6 Å². The maximum atomic E-state index is 13.0. The largest absolute Gasteiger partial charge is 0.497 e. The van der Waals surface area contributed by atoms with Crippen molar-refractivity contribution in [3.63, 3.8) is 0 Å². The van der Waals surface area contributed by atoms with Crippen LogP contribution >= 0.6 is 15.9 Å². The van der Waals surface area contributed by atoms with E-state index in [-0.39, 0.29) is 16.7 Å². The number of methoxy groups -OCH3 is 1. The monoisotopic (exact) mass is 583 g/mol. The fraction of sp³-hybridized carbons (Fsp3) is 0.259. The molecule has 1 aliphatic heterocycles. The maximum absolute atomic E-state index is 13.0. The Bertz CT molecular complexity index is 1560. The number of nitrogens with one attached hydrogen (secondary N) is 1. The average Bonchev–Trinajstić information content (AvgIpc) is 3.32. The molecule has 0 saturated carbocycles. The number of anilines is 1. The molecule has 0 aliphatic carbocycles. The molecule has 0 spiro atoms. The molecule has 192 valence electrons. The van der Waals surface area contributed by atoms with Gasteiger partial charge >= 0.3 is 0 Å². The summed E-state index contributed by atoms with van der Waals surface area (Å²) in [5.74, 6) is 0.760. The number of ether oxygens (including phenoxy) is 1. The summed E-state index contributed by atoms with van der Waals surface area (Å²) in [5.41, 5.74) is 3.61. The number of hydrogen-bond acceptors (Lipinski definition) is 6. The molecule has 8 nitrogen and oxygen atoms in total. The van der Waals surface area contributed by atoms with E-state index in [1.807, 2.05) is 25.1 Å². The quantitative estimate of drug-likeness (QED) is 0.316. The number of piperidine rings is 1. The van der Waals surface area contributed by atoms with Gasteiger partial charge in [0.15, 0.2) is 5.58 Å². The summed E-state index contributed by atoms with van der Waals surface area (Å²) in [6.45, 7) is 2.52. The molecule has 1 amide bonds. The van der Waals surface area contributed by atoms with Crippen LogP contribution in [0.2, 0.25) is 0 Å². The van der Waals surface area contributed by atoms with Crippen LogP contribution in [0.4, 0.5) is 5.69 Å². The molecule has 2 heterocycles. The molecule has 10 heteroatoms. The van der Waals surface area contributed by atoms with Gasteiger partial charge in [-0.1, -0.05) is 17.7 Å². The summed E-state index contributed by atoms with van der Waals surface area (Å²) < 4.78 is 39.4. The van der Waals surface area contributed by atoms with Crippen LogP contribution in [0.15, 0.2) is 74.4 Å². The van der Waals surface area contributed by atoms with Crippen LogP contribution < -0.4 is 10.1 Å². The fourth-order valence-corrected chi connectivity index (χ4v) is 6.37. The fourth-order valence-electron chi connectivity index (χ4n) is 4.38. The number of oxazole rings is 1. The zero-order valence-electron chi connectivity index (χ0n) is 20.4. The summed E-state index contributed by atoms with van der Waals surface area (Å²) in [6.07, 6.45) is 0.911. The Labute approximate surface area is 223 Å². The number of halogens is 1. The Morgan fingerprint density at radius 2 is 1.81 bits per heavy atom. The first-order valence-electron chi connectivity index (χ1n) is 11.9. The van der Waals surface area contributed by atoms with Gasteiger partial charge in [0.05, 0.1) is 17.6 Å². The van der Waals surface area contributed by atoms with Crippen molar-refractivity contribution in [1.82, 2.24) is 9.29 Å². The van der Waals surface area contributed by atoms with Gasteiger partial charge in [-0.2, -0.15) is 4.31 Å². The molecule has 0 unspecified atom stereocenters. The van der Waals surface area contributed by atoms with Crippen LogP contribution in [0.5, 0.6) is 5.75 Å². The lowest BCUT2D eigenvalue weighted by Gasteiger charge is -2.30. The molecular weight excluding hydrogens is 558 g/mol. The molecule has 5 rings (SSSR count). The lowest BCUT2D eigenvalue weighted by Crippen LogP contribution is -2.41. The standard InChI is InChI=1S/C27H26BrN3O5S/c1-17-3-7-21(8-4-17)37(33,34)31-13-11-18(12-14-31)26(32)29-19-5-10-24-25(15-19)36-27(30-24)22-9-6-20(35-2)16-23(22)28/h3-10,15-16,18H,11-14H2,1-2H3,(H,29,32). The predicted molar refractivity (Wildman–Crippen MR) is 145 cm³/mol. The Morgan fingerprint density at radius 1 is 1.08 bits per heavy atom. The number of carbonyl (C=O) groups is 1. The van der Waals surface area contributed by atoms with E-state index in [0.717, 1.165) is 21.3 Å². The van der Waals surface area contributed by atoms with E-state index in [1.165, 1.54) is 4.31 Å². The first-order valence-corrected chi connectivity index (χ1v) is 14.1. The number of amides is 1. The lowest BCUT2D eigenvalue weighted by atomic mass is 9.97. The predicted octanol–water partition coefficient (Wildman–Crippen LogP) is 5.61. The molecule has 1 aromatic heterocycles. The van der Waals surface area contributed by atoms with Gasteiger partial charge in [0, 0.05) is 35.2 Å². The van der Waals surface area contributed by atoms with Crippen molar-refractivity contribution in [1.29, 1.82) is 0 Å². The SMILES string of the molecule is COc1ccc(-c2nc3ccc(NC(=O)C4CCN(S(=O)(=O)c5ccc(C)cc5)CC4)cc3o2)c(Br)c1. The van der Waals surface area contributed by atoms with Crippen molar-refractivity contribution < 1.29 is 22.4 Å². The van der Waals surface area contributed by atoms with Crippen molar-refractivity contribution in [2.24, 2.45) is 5.92 Å². The van der Waals surface area contributed by atoms with Crippen LogP contribution in [0.1, 0.15) is 18.4 Å². The first kappa shape index (κ1) is 25.4. The molecule has 0 radical (unpaired) electrons. The third-order valence-corrected chi connectivity index (χ3v) is 9.12.